The van der Waals surface area contributed by atoms with Crippen molar-refractivity contribution < 1.29 is 61.4 Å². The predicted molar refractivity (Wildman–Crippen MR) is 16.9 cm³/mol. The first-order chi connectivity index (χ1) is 2.47. The second-order valence-corrected chi connectivity index (χ2v) is 2.95. The van der Waals surface area contributed by atoms with Crippen molar-refractivity contribution in [2.45, 2.75) is 0 Å². The van der Waals surface area contributed by atoms with Gasteiger partial charge in [0, 0.05) is 17.1 Å². The van der Waals surface area contributed by atoms with E-state index < -0.39 is 7.74 Å². The maximum absolute atomic E-state index is 7.89. The van der Waals surface area contributed by atoms with Crippen molar-refractivity contribution in [2.24, 2.45) is 0 Å². The van der Waals surface area contributed by atoms with E-state index in [0.717, 1.165) is 0 Å². The van der Waals surface area contributed by atoms with Crippen molar-refractivity contribution in [3.05, 3.63) is 0 Å². The molecule has 0 aromatic heterocycles. The van der Waals surface area contributed by atoms with Crippen molar-refractivity contribution in [1.29, 1.82) is 0 Å². The van der Waals surface area contributed by atoms with Gasteiger partial charge in [0.15, 0.2) is 0 Å². The molecular formula is H4FeLiO5P. The summed E-state index contributed by atoms with van der Waals surface area (Å²) >= 11 is 0. The zero-order valence-electron chi connectivity index (χ0n) is 4.96. The van der Waals surface area contributed by atoms with E-state index in [2.05, 4.69) is 9.35 Å². The summed E-state index contributed by atoms with van der Waals surface area (Å²) in [5.74, 6) is 0. The van der Waals surface area contributed by atoms with Crippen LogP contribution in [0.1, 0.15) is 1.43 Å². The first-order valence-corrected chi connectivity index (χ1v) is 3.06. The normalized spacial score (nSPS) is 32.1. The van der Waals surface area contributed by atoms with E-state index in [1.54, 1.807) is 0 Å². The molecule has 0 bridgehead atoms. The van der Waals surface area contributed by atoms with E-state index in [4.69, 9.17) is 14.7 Å². The maximum atomic E-state index is 7.89. The van der Waals surface area contributed by atoms with Crippen LogP contribution in [0.2, 0.25) is 0 Å². The molecule has 0 unspecified atom stereocenters. The third kappa shape index (κ3) is 4.25. The van der Waals surface area contributed by atoms with Gasteiger partial charge in [-0.25, -0.2) is 0 Å². The molecule has 3 N–H and O–H groups in total. The topological polar surface area (TPSA) is 85.8 Å². The fourth-order valence-electron chi connectivity index (χ4n) is 0.0447. The molecule has 0 aliphatic carbocycles. The summed E-state index contributed by atoms with van der Waals surface area (Å²) in [7, 11) is -4.80. The minimum absolute atomic E-state index is 0. The molecule has 48 valence electrons. The standard InChI is InChI=1S/Fe.Li.H3O5P.H/c;;1-6(2,3)4-5-6;/h;;1-3H;/q;+1;;-1. The van der Waals surface area contributed by atoms with E-state index >= 15 is 0 Å². The molecular weight excluding hydrogens is 174 g/mol. The van der Waals surface area contributed by atoms with Crippen molar-refractivity contribution >= 4 is 7.74 Å². The molecule has 5 nitrogen and oxygen atoms in total. The summed E-state index contributed by atoms with van der Waals surface area (Å²) in [5.41, 5.74) is 0. The molecule has 1 rings (SSSR count). The van der Waals surface area contributed by atoms with Crippen molar-refractivity contribution in [3.63, 3.8) is 0 Å². The van der Waals surface area contributed by atoms with Crippen molar-refractivity contribution in [2.75, 3.05) is 0 Å². The summed E-state index contributed by atoms with van der Waals surface area (Å²) in [6.07, 6.45) is 0. The molecule has 0 aromatic rings. The third-order valence-corrected chi connectivity index (χ3v) is 0.824. The van der Waals surface area contributed by atoms with E-state index in [-0.39, 0.29) is 37.4 Å². The minimum atomic E-state index is -4.80. The number of hydrogen-bond acceptors (Lipinski definition) is 5. The Morgan fingerprint density at radius 2 is 1.25 bits per heavy atom. The van der Waals surface area contributed by atoms with Gasteiger partial charge in [-0.2, -0.15) is 0 Å². The van der Waals surface area contributed by atoms with Crippen LogP contribution in [0, 0.1) is 0 Å². The summed E-state index contributed by atoms with van der Waals surface area (Å²) in [6.45, 7) is 0. The van der Waals surface area contributed by atoms with Crippen LogP contribution in [0.3, 0.4) is 0 Å². The Morgan fingerprint density at radius 1 is 1.12 bits per heavy atom. The van der Waals surface area contributed by atoms with Gasteiger partial charge in [-0.3, -0.25) is 0 Å². The Hall–Kier alpha value is 1.35. The van der Waals surface area contributed by atoms with E-state index in [9.17, 15) is 0 Å². The summed E-state index contributed by atoms with van der Waals surface area (Å²) < 4.78 is 6.76. The smallest absolute Gasteiger partial charge is 1.00 e. The molecule has 1 saturated heterocycles. The van der Waals surface area contributed by atoms with Crippen molar-refractivity contribution in [3.8, 4) is 0 Å². The average molecular weight is 178 g/mol. The Bertz CT molecular complexity index is 80.7. The molecule has 0 aromatic carbocycles. The number of hydrogen-bond donors (Lipinski definition) is 3. The van der Waals surface area contributed by atoms with Crippen LogP contribution in [0.25, 0.3) is 0 Å². The zero-order chi connectivity index (χ0) is 4.86. The fourth-order valence-corrected chi connectivity index (χ4v) is 0.402. The molecule has 1 fully saturated rings. The van der Waals surface area contributed by atoms with Gasteiger partial charge in [-0.05, 0) is 0 Å². The second-order valence-electron chi connectivity index (χ2n) is 0.982. The maximum Gasteiger partial charge on any atom is 1.00 e. The largest absolute Gasteiger partial charge is 1.00 e. The Balaban J connectivity index is -0.000000120. The Kier molecular flexibility index (Phi) is 3.81. The molecule has 8 heavy (non-hydrogen) atoms. The van der Waals surface area contributed by atoms with Crippen molar-refractivity contribution in [1.82, 2.24) is 0 Å². The minimum Gasteiger partial charge on any atom is -1.00 e. The molecule has 0 saturated carbocycles. The zero-order valence-corrected chi connectivity index (χ0v) is 5.96. The first kappa shape index (κ1) is 12.1. The predicted octanol–water partition coefficient (Wildman–Crippen LogP) is -3.83. The average Bonchev–Trinajstić information content (AvgIpc) is 1.73. The third-order valence-electron chi connectivity index (χ3n) is 0.275. The van der Waals surface area contributed by atoms with Crippen LogP contribution >= 0.6 is 7.74 Å². The molecule has 8 heteroatoms. The van der Waals surface area contributed by atoms with Crippen LogP contribution in [-0.4, -0.2) is 14.7 Å². The van der Waals surface area contributed by atoms with Crippen LogP contribution in [0.4, 0.5) is 0 Å². The summed E-state index contributed by atoms with van der Waals surface area (Å²) in [4.78, 5) is 23.7. The SMILES string of the molecule is OP1(O)(O)OO1.[Fe].[H-].[Li+]. The van der Waals surface area contributed by atoms with Gasteiger partial charge >= 0.3 is 50.6 Å². The molecule has 1 heterocycles. The molecule has 1 aliphatic rings. The van der Waals surface area contributed by atoms with Gasteiger partial charge in [-0.15, -0.1) is 0 Å². The second kappa shape index (κ2) is 2.53. The van der Waals surface area contributed by atoms with Crippen LogP contribution in [0.5, 0.6) is 0 Å². The van der Waals surface area contributed by atoms with E-state index in [1.165, 1.54) is 0 Å². The van der Waals surface area contributed by atoms with E-state index in [0.29, 0.717) is 0 Å². The first-order valence-electron chi connectivity index (χ1n) is 1.13. The molecule has 0 atom stereocenters. The van der Waals surface area contributed by atoms with Crippen LogP contribution < -0.4 is 18.9 Å². The molecule has 0 spiro atoms. The van der Waals surface area contributed by atoms with E-state index in [1.807, 2.05) is 0 Å². The molecule has 0 amide bonds. The summed E-state index contributed by atoms with van der Waals surface area (Å²) in [5, 5.41) is 0. The van der Waals surface area contributed by atoms with Crippen LogP contribution in [-0.2, 0) is 26.4 Å². The fraction of sp³-hybridized carbons (Fsp3) is 0. The monoisotopic (exact) mass is 178 g/mol. The van der Waals surface area contributed by atoms with Gasteiger partial charge < -0.3 is 1.43 Å². The van der Waals surface area contributed by atoms with Crippen LogP contribution in [0.15, 0.2) is 0 Å². The quantitative estimate of drug-likeness (QED) is 0.153. The van der Waals surface area contributed by atoms with Gasteiger partial charge in [0.2, 0.25) is 0 Å². The Morgan fingerprint density at radius 3 is 1.25 bits per heavy atom. The van der Waals surface area contributed by atoms with Gasteiger partial charge in [0.1, 0.15) is 0 Å². The molecule has 0 radical (unpaired) electrons. The number of rotatable bonds is 0. The van der Waals surface area contributed by atoms with Gasteiger partial charge in [0.05, 0.1) is 0 Å². The van der Waals surface area contributed by atoms with Gasteiger partial charge in [0.25, 0.3) is 0 Å². The summed E-state index contributed by atoms with van der Waals surface area (Å²) in [6, 6.07) is 0. The Labute approximate surface area is 69.4 Å². The molecule has 1 aliphatic heterocycles. The van der Waals surface area contributed by atoms with Gasteiger partial charge in [-0.1, -0.05) is 0 Å².